The highest BCUT2D eigenvalue weighted by Gasteiger charge is 2.03. The van der Waals surface area contributed by atoms with Crippen molar-refractivity contribution in [1.82, 2.24) is 0 Å². The van der Waals surface area contributed by atoms with Gasteiger partial charge in [-0.1, -0.05) is 32.6 Å². The topological polar surface area (TPSA) is 26.0 Å². The van der Waals surface area contributed by atoms with E-state index >= 15 is 0 Å². The minimum absolute atomic E-state index is 0.501. The zero-order valence-corrected chi connectivity index (χ0v) is 7.67. The Morgan fingerprint density at radius 2 is 2.08 bits per heavy atom. The molecule has 64 valence electrons. The Labute approximate surface area is 73.9 Å². The van der Waals surface area contributed by atoms with E-state index in [9.17, 15) is 0 Å². The van der Waals surface area contributed by atoms with Crippen molar-refractivity contribution in [2.24, 2.45) is 0 Å². The molecular formula is C11H15N. The van der Waals surface area contributed by atoms with Gasteiger partial charge in [-0.15, -0.1) is 0 Å². The number of anilines is 1. The van der Waals surface area contributed by atoms with Crippen LogP contribution >= 0.6 is 0 Å². The van der Waals surface area contributed by atoms with E-state index in [2.05, 4.69) is 20.4 Å². The van der Waals surface area contributed by atoms with Gasteiger partial charge in [-0.05, 0) is 29.2 Å². The van der Waals surface area contributed by atoms with E-state index in [-0.39, 0.29) is 0 Å². The van der Waals surface area contributed by atoms with Crippen LogP contribution in [0.1, 0.15) is 30.9 Å². The highest BCUT2D eigenvalue weighted by molar-refractivity contribution is 5.57. The maximum absolute atomic E-state index is 5.69. The number of nitrogen functional groups attached to an aromatic ring is 1. The first-order chi connectivity index (χ1) is 5.65. The van der Waals surface area contributed by atoms with Gasteiger partial charge in [0.15, 0.2) is 0 Å². The van der Waals surface area contributed by atoms with Crippen molar-refractivity contribution in [3.8, 4) is 0 Å². The third-order valence-electron chi connectivity index (χ3n) is 1.95. The van der Waals surface area contributed by atoms with Gasteiger partial charge in [-0.3, -0.25) is 0 Å². The Bertz CT molecular complexity index is 287. The van der Waals surface area contributed by atoms with Gasteiger partial charge in [0.1, 0.15) is 0 Å². The van der Waals surface area contributed by atoms with E-state index in [0.717, 1.165) is 5.69 Å². The third kappa shape index (κ3) is 1.67. The van der Waals surface area contributed by atoms with Gasteiger partial charge < -0.3 is 5.73 Å². The standard InChI is InChI=1S/C11H15N/c1-4-9-5-6-10(12)7-11(9)8(2)3/h4-8H,1,12H2,2-3H3. The number of hydrogen-bond donors (Lipinski definition) is 1. The Morgan fingerprint density at radius 3 is 2.58 bits per heavy atom. The van der Waals surface area contributed by atoms with Crippen LogP contribution in [-0.4, -0.2) is 0 Å². The summed E-state index contributed by atoms with van der Waals surface area (Å²) in [5.74, 6) is 0.501. The Balaban J connectivity index is 3.21. The Hall–Kier alpha value is -1.24. The van der Waals surface area contributed by atoms with Crippen molar-refractivity contribution in [2.75, 3.05) is 5.73 Å². The fraction of sp³-hybridized carbons (Fsp3) is 0.273. The van der Waals surface area contributed by atoms with Crippen molar-refractivity contribution in [2.45, 2.75) is 19.8 Å². The van der Waals surface area contributed by atoms with Crippen LogP contribution in [0.2, 0.25) is 0 Å². The molecule has 1 heteroatoms. The van der Waals surface area contributed by atoms with Gasteiger partial charge in [-0.25, -0.2) is 0 Å². The minimum atomic E-state index is 0.501. The van der Waals surface area contributed by atoms with Crippen molar-refractivity contribution < 1.29 is 0 Å². The minimum Gasteiger partial charge on any atom is -0.399 e. The second kappa shape index (κ2) is 3.44. The van der Waals surface area contributed by atoms with Crippen LogP contribution < -0.4 is 5.73 Å². The molecule has 0 saturated heterocycles. The van der Waals surface area contributed by atoms with Gasteiger partial charge in [-0.2, -0.15) is 0 Å². The highest BCUT2D eigenvalue weighted by atomic mass is 14.5. The third-order valence-corrected chi connectivity index (χ3v) is 1.95. The molecule has 0 atom stereocenters. The summed E-state index contributed by atoms with van der Waals surface area (Å²) in [6, 6.07) is 5.93. The molecule has 0 amide bonds. The lowest BCUT2D eigenvalue weighted by Gasteiger charge is -2.10. The van der Waals surface area contributed by atoms with Crippen molar-refractivity contribution in [1.29, 1.82) is 0 Å². The molecule has 0 aromatic heterocycles. The predicted octanol–water partition coefficient (Wildman–Crippen LogP) is 3.04. The summed E-state index contributed by atoms with van der Waals surface area (Å²) in [5.41, 5.74) is 8.96. The number of nitrogens with two attached hydrogens (primary N) is 1. The normalized spacial score (nSPS) is 10.2. The molecule has 1 rings (SSSR count). The molecule has 1 aromatic rings. The van der Waals surface area contributed by atoms with Gasteiger partial charge in [0.25, 0.3) is 0 Å². The smallest absolute Gasteiger partial charge is 0.0317 e. The van der Waals surface area contributed by atoms with Gasteiger partial charge in [0, 0.05) is 5.69 Å². The lowest BCUT2D eigenvalue weighted by atomic mass is 9.97. The van der Waals surface area contributed by atoms with Crippen molar-refractivity contribution in [3.05, 3.63) is 35.9 Å². The van der Waals surface area contributed by atoms with Crippen LogP contribution in [0.5, 0.6) is 0 Å². The molecule has 0 bridgehead atoms. The lowest BCUT2D eigenvalue weighted by Crippen LogP contribution is -1.94. The largest absolute Gasteiger partial charge is 0.399 e. The zero-order valence-electron chi connectivity index (χ0n) is 7.67. The average Bonchev–Trinajstić information content (AvgIpc) is 2.04. The maximum Gasteiger partial charge on any atom is 0.0317 e. The molecule has 12 heavy (non-hydrogen) atoms. The summed E-state index contributed by atoms with van der Waals surface area (Å²) in [4.78, 5) is 0. The monoisotopic (exact) mass is 161 g/mol. The molecule has 1 aromatic carbocycles. The maximum atomic E-state index is 5.69. The quantitative estimate of drug-likeness (QED) is 0.663. The van der Waals surface area contributed by atoms with Gasteiger partial charge >= 0.3 is 0 Å². The first-order valence-corrected chi connectivity index (χ1v) is 4.17. The van der Waals surface area contributed by atoms with Crippen LogP contribution in [0.15, 0.2) is 24.8 Å². The Kier molecular flexibility index (Phi) is 2.54. The molecule has 0 fully saturated rings. The molecule has 0 spiro atoms. The second-order valence-electron chi connectivity index (χ2n) is 3.25. The summed E-state index contributed by atoms with van der Waals surface area (Å²) in [5, 5.41) is 0. The molecule has 1 nitrogen and oxygen atoms in total. The van der Waals surface area contributed by atoms with Gasteiger partial charge in [0.05, 0.1) is 0 Å². The van der Waals surface area contributed by atoms with Crippen molar-refractivity contribution in [3.63, 3.8) is 0 Å². The van der Waals surface area contributed by atoms with Crippen LogP contribution in [-0.2, 0) is 0 Å². The number of benzene rings is 1. The van der Waals surface area contributed by atoms with Crippen LogP contribution in [0.3, 0.4) is 0 Å². The van der Waals surface area contributed by atoms with E-state index in [1.165, 1.54) is 11.1 Å². The first-order valence-electron chi connectivity index (χ1n) is 4.17. The van der Waals surface area contributed by atoms with Gasteiger partial charge in [0.2, 0.25) is 0 Å². The fourth-order valence-electron chi connectivity index (χ4n) is 1.28. The summed E-state index contributed by atoms with van der Waals surface area (Å²) in [6.07, 6.45) is 1.87. The molecule has 0 unspecified atom stereocenters. The molecule has 0 aliphatic carbocycles. The molecular weight excluding hydrogens is 146 g/mol. The van der Waals surface area contributed by atoms with E-state index in [1.54, 1.807) is 0 Å². The van der Waals surface area contributed by atoms with E-state index in [1.807, 2.05) is 24.3 Å². The molecule has 0 aliphatic heterocycles. The highest BCUT2D eigenvalue weighted by Crippen LogP contribution is 2.22. The van der Waals surface area contributed by atoms with Crippen molar-refractivity contribution >= 4 is 11.8 Å². The number of rotatable bonds is 2. The lowest BCUT2D eigenvalue weighted by molar-refractivity contribution is 0.864. The Morgan fingerprint density at radius 1 is 1.42 bits per heavy atom. The summed E-state index contributed by atoms with van der Waals surface area (Å²) in [6.45, 7) is 8.07. The average molecular weight is 161 g/mol. The summed E-state index contributed by atoms with van der Waals surface area (Å²) < 4.78 is 0. The number of hydrogen-bond acceptors (Lipinski definition) is 1. The summed E-state index contributed by atoms with van der Waals surface area (Å²) >= 11 is 0. The summed E-state index contributed by atoms with van der Waals surface area (Å²) in [7, 11) is 0. The SMILES string of the molecule is C=Cc1ccc(N)cc1C(C)C. The second-order valence-corrected chi connectivity index (χ2v) is 3.25. The molecule has 0 aliphatic rings. The van der Waals surface area contributed by atoms with E-state index < -0.39 is 0 Å². The molecule has 0 saturated carbocycles. The zero-order chi connectivity index (χ0) is 9.14. The van der Waals surface area contributed by atoms with Crippen LogP contribution in [0.25, 0.3) is 6.08 Å². The molecule has 0 heterocycles. The van der Waals surface area contributed by atoms with E-state index in [4.69, 9.17) is 5.73 Å². The van der Waals surface area contributed by atoms with E-state index in [0.29, 0.717) is 5.92 Å². The first kappa shape index (κ1) is 8.85. The predicted molar refractivity (Wildman–Crippen MR) is 55.0 cm³/mol. The van der Waals surface area contributed by atoms with Crippen LogP contribution in [0, 0.1) is 0 Å². The fourth-order valence-corrected chi connectivity index (χ4v) is 1.28. The molecule has 0 radical (unpaired) electrons. The van der Waals surface area contributed by atoms with Crippen LogP contribution in [0.4, 0.5) is 5.69 Å². The molecule has 2 N–H and O–H groups in total.